The molecule has 1 saturated heterocycles. The Balaban J connectivity index is 2.05. The van der Waals surface area contributed by atoms with Crippen LogP contribution in [0.15, 0.2) is 12.3 Å². The Morgan fingerprint density at radius 2 is 2.53 bits per heavy atom. The third-order valence-corrected chi connectivity index (χ3v) is 2.82. The van der Waals surface area contributed by atoms with E-state index in [1.165, 1.54) is 6.20 Å². The predicted molar refractivity (Wildman–Crippen MR) is 65.2 cm³/mol. The van der Waals surface area contributed by atoms with Crippen molar-refractivity contribution in [2.45, 2.75) is 12.5 Å². The molecule has 0 bridgehead atoms. The van der Waals surface area contributed by atoms with Gasteiger partial charge in [-0.15, -0.1) is 0 Å². The fourth-order valence-corrected chi connectivity index (χ4v) is 1.92. The number of morpholine rings is 1. The molecule has 17 heavy (non-hydrogen) atoms. The van der Waals surface area contributed by atoms with Crippen LogP contribution >= 0.6 is 11.6 Å². The standard InChI is InChI=1S/C11H14ClN3O2/c12-7-3-9(11(13)15-5-7)10(16)4-8-6-17-2-1-14-8/h3,5,8,14H,1-2,4,6H2,(H2,13,15). The number of ether oxygens (including phenoxy) is 1. The number of hydrogen-bond donors (Lipinski definition) is 2. The predicted octanol–water partition coefficient (Wildman–Crippen LogP) is 0.878. The van der Waals surface area contributed by atoms with Crippen LogP contribution in [0.5, 0.6) is 0 Å². The number of carbonyl (C=O) groups excluding carboxylic acids is 1. The highest BCUT2D eigenvalue weighted by Crippen LogP contribution is 2.17. The summed E-state index contributed by atoms with van der Waals surface area (Å²) >= 11 is 5.79. The zero-order valence-electron chi connectivity index (χ0n) is 9.28. The van der Waals surface area contributed by atoms with E-state index in [-0.39, 0.29) is 17.6 Å². The lowest BCUT2D eigenvalue weighted by atomic mass is 10.0. The molecule has 2 heterocycles. The number of hydrogen-bond acceptors (Lipinski definition) is 5. The van der Waals surface area contributed by atoms with Crippen LogP contribution in [0, 0.1) is 0 Å². The fourth-order valence-electron chi connectivity index (χ4n) is 1.76. The van der Waals surface area contributed by atoms with Crippen LogP contribution in [0.3, 0.4) is 0 Å². The number of nitrogens with zero attached hydrogens (tertiary/aromatic N) is 1. The van der Waals surface area contributed by atoms with E-state index in [4.69, 9.17) is 22.1 Å². The maximum absolute atomic E-state index is 12.0. The molecule has 0 saturated carbocycles. The molecule has 6 heteroatoms. The average molecular weight is 256 g/mol. The van der Waals surface area contributed by atoms with E-state index in [2.05, 4.69) is 10.3 Å². The molecule has 1 unspecified atom stereocenters. The van der Waals surface area contributed by atoms with Gasteiger partial charge < -0.3 is 15.8 Å². The van der Waals surface area contributed by atoms with Crippen LogP contribution in [0.1, 0.15) is 16.8 Å². The monoisotopic (exact) mass is 255 g/mol. The van der Waals surface area contributed by atoms with Gasteiger partial charge in [-0.2, -0.15) is 0 Å². The number of Topliss-reactive ketones (excluding diaryl/α,β-unsaturated/α-hetero) is 1. The van der Waals surface area contributed by atoms with E-state index in [1.807, 2.05) is 0 Å². The molecule has 2 rings (SSSR count). The molecule has 0 spiro atoms. The van der Waals surface area contributed by atoms with Gasteiger partial charge in [0.15, 0.2) is 5.78 Å². The molecular formula is C11H14ClN3O2. The summed E-state index contributed by atoms with van der Waals surface area (Å²) < 4.78 is 5.29. The van der Waals surface area contributed by atoms with E-state index < -0.39 is 0 Å². The molecule has 1 fully saturated rings. The third kappa shape index (κ3) is 3.15. The molecule has 0 aromatic carbocycles. The number of pyridine rings is 1. The summed E-state index contributed by atoms with van der Waals surface area (Å²) in [5.41, 5.74) is 6.03. The first-order chi connectivity index (χ1) is 8.16. The van der Waals surface area contributed by atoms with Crippen LogP contribution in [0.25, 0.3) is 0 Å². The summed E-state index contributed by atoms with van der Waals surface area (Å²) in [5.74, 6) is 0.150. The number of rotatable bonds is 3. The zero-order chi connectivity index (χ0) is 12.3. The van der Waals surface area contributed by atoms with Gasteiger partial charge in [0, 0.05) is 25.2 Å². The molecule has 0 amide bonds. The number of aromatic nitrogens is 1. The number of nitrogens with two attached hydrogens (primary N) is 1. The Labute approximate surface area is 104 Å². The quantitative estimate of drug-likeness (QED) is 0.784. The molecule has 0 aliphatic carbocycles. The van der Waals surface area contributed by atoms with Crippen molar-refractivity contribution in [3.63, 3.8) is 0 Å². The lowest BCUT2D eigenvalue weighted by Gasteiger charge is -2.23. The molecule has 1 aromatic heterocycles. The Morgan fingerprint density at radius 1 is 1.71 bits per heavy atom. The summed E-state index contributed by atoms with van der Waals surface area (Å²) in [6, 6.07) is 1.59. The van der Waals surface area contributed by atoms with E-state index in [0.29, 0.717) is 30.2 Å². The minimum Gasteiger partial charge on any atom is -0.383 e. The highest BCUT2D eigenvalue weighted by atomic mass is 35.5. The fraction of sp³-hybridized carbons (Fsp3) is 0.455. The van der Waals surface area contributed by atoms with Crippen molar-refractivity contribution in [1.29, 1.82) is 0 Å². The number of anilines is 1. The van der Waals surface area contributed by atoms with E-state index in [1.54, 1.807) is 6.07 Å². The number of nitrogens with one attached hydrogen (secondary N) is 1. The lowest BCUT2D eigenvalue weighted by Crippen LogP contribution is -2.42. The normalized spacial score (nSPS) is 20.2. The molecule has 1 atom stereocenters. The second kappa shape index (κ2) is 5.44. The van der Waals surface area contributed by atoms with Crippen LogP contribution in [-0.4, -0.2) is 36.6 Å². The molecule has 92 valence electrons. The van der Waals surface area contributed by atoms with E-state index >= 15 is 0 Å². The van der Waals surface area contributed by atoms with Gasteiger partial charge in [0.05, 0.1) is 23.8 Å². The smallest absolute Gasteiger partial charge is 0.168 e. The Hall–Kier alpha value is -1.17. The Bertz CT molecular complexity index is 419. The summed E-state index contributed by atoms with van der Waals surface area (Å²) in [7, 11) is 0. The largest absolute Gasteiger partial charge is 0.383 e. The highest BCUT2D eigenvalue weighted by molar-refractivity contribution is 6.31. The molecule has 5 nitrogen and oxygen atoms in total. The van der Waals surface area contributed by atoms with Gasteiger partial charge in [0.25, 0.3) is 0 Å². The molecule has 1 aliphatic rings. The van der Waals surface area contributed by atoms with E-state index in [0.717, 1.165) is 6.54 Å². The van der Waals surface area contributed by atoms with Crippen molar-refractivity contribution in [3.05, 3.63) is 22.8 Å². The van der Waals surface area contributed by atoms with E-state index in [9.17, 15) is 4.79 Å². The topological polar surface area (TPSA) is 77.2 Å². The van der Waals surface area contributed by atoms with Crippen LogP contribution in [0.4, 0.5) is 5.82 Å². The maximum atomic E-state index is 12.0. The van der Waals surface area contributed by atoms with Gasteiger partial charge in [-0.1, -0.05) is 11.6 Å². The van der Waals surface area contributed by atoms with Crippen molar-refractivity contribution in [2.24, 2.45) is 0 Å². The highest BCUT2D eigenvalue weighted by Gasteiger charge is 2.19. The lowest BCUT2D eigenvalue weighted by molar-refractivity contribution is 0.0676. The maximum Gasteiger partial charge on any atom is 0.168 e. The molecular weight excluding hydrogens is 242 g/mol. The second-order valence-electron chi connectivity index (χ2n) is 3.94. The third-order valence-electron chi connectivity index (χ3n) is 2.62. The van der Waals surface area contributed by atoms with Crippen LogP contribution in [0.2, 0.25) is 5.02 Å². The summed E-state index contributed by atoms with van der Waals surface area (Å²) in [4.78, 5) is 15.9. The number of ketones is 1. The number of carbonyl (C=O) groups is 1. The number of nitrogen functional groups attached to an aromatic ring is 1. The first kappa shape index (κ1) is 12.3. The molecule has 1 aliphatic heterocycles. The number of halogens is 1. The minimum atomic E-state index is -0.0690. The zero-order valence-corrected chi connectivity index (χ0v) is 10.0. The Morgan fingerprint density at radius 3 is 3.24 bits per heavy atom. The average Bonchev–Trinajstić information content (AvgIpc) is 2.33. The summed E-state index contributed by atoms with van der Waals surface area (Å²) in [6.07, 6.45) is 1.77. The first-order valence-corrected chi connectivity index (χ1v) is 5.80. The second-order valence-corrected chi connectivity index (χ2v) is 4.38. The van der Waals surface area contributed by atoms with Crippen molar-refractivity contribution in [2.75, 3.05) is 25.5 Å². The SMILES string of the molecule is Nc1ncc(Cl)cc1C(=O)CC1COCCN1. The summed E-state index contributed by atoms with van der Waals surface area (Å²) in [5, 5.41) is 3.63. The van der Waals surface area contributed by atoms with Crippen molar-refractivity contribution >= 4 is 23.2 Å². The van der Waals surface area contributed by atoms with Gasteiger partial charge in [-0.3, -0.25) is 4.79 Å². The first-order valence-electron chi connectivity index (χ1n) is 5.42. The molecule has 0 radical (unpaired) electrons. The van der Waals surface area contributed by atoms with Crippen molar-refractivity contribution < 1.29 is 9.53 Å². The van der Waals surface area contributed by atoms with Crippen LogP contribution < -0.4 is 11.1 Å². The van der Waals surface area contributed by atoms with Gasteiger partial charge >= 0.3 is 0 Å². The minimum absolute atomic E-state index is 0.0367. The van der Waals surface area contributed by atoms with Crippen molar-refractivity contribution in [3.8, 4) is 0 Å². The molecule has 1 aromatic rings. The molecule has 3 N–H and O–H groups in total. The van der Waals surface area contributed by atoms with Gasteiger partial charge in [0.2, 0.25) is 0 Å². The van der Waals surface area contributed by atoms with Gasteiger partial charge in [-0.25, -0.2) is 4.98 Å². The van der Waals surface area contributed by atoms with Crippen molar-refractivity contribution in [1.82, 2.24) is 10.3 Å². The summed E-state index contributed by atoms with van der Waals surface area (Å²) in [6.45, 7) is 1.99. The Kier molecular flexibility index (Phi) is 3.93. The van der Waals surface area contributed by atoms with Gasteiger partial charge in [-0.05, 0) is 6.07 Å². The van der Waals surface area contributed by atoms with Gasteiger partial charge in [0.1, 0.15) is 5.82 Å². The van der Waals surface area contributed by atoms with Crippen LogP contribution in [-0.2, 0) is 4.74 Å².